The van der Waals surface area contributed by atoms with Gasteiger partial charge in [-0.15, -0.1) is 0 Å². The minimum atomic E-state index is -1.03. The van der Waals surface area contributed by atoms with Crippen LogP contribution in [-0.2, 0) is 14.4 Å². The second kappa shape index (κ2) is 12.8. The van der Waals surface area contributed by atoms with E-state index in [0.29, 0.717) is 30.4 Å². The summed E-state index contributed by atoms with van der Waals surface area (Å²) >= 11 is 0. The van der Waals surface area contributed by atoms with Crippen LogP contribution in [0.25, 0.3) is 11.3 Å². The lowest BCUT2D eigenvalue weighted by atomic mass is 10.0. The van der Waals surface area contributed by atoms with Crippen molar-refractivity contribution in [3.05, 3.63) is 41.9 Å². The van der Waals surface area contributed by atoms with Crippen LogP contribution in [-0.4, -0.2) is 51.2 Å². The summed E-state index contributed by atoms with van der Waals surface area (Å²) in [5.74, 6) is -1.70. The van der Waals surface area contributed by atoms with Gasteiger partial charge in [0, 0.05) is 30.6 Å². The third kappa shape index (κ3) is 7.84. The van der Waals surface area contributed by atoms with Gasteiger partial charge in [-0.2, -0.15) is 0 Å². The van der Waals surface area contributed by atoms with E-state index < -0.39 is 29.6 Å². The highest BCUT2D eigenvalue weighted by Crippen LogP contribution is 2.23. The van der Waals surface area contributed by atoms with Crippen LogP contribution in [0.5, 0.6) is 0 Å². The molecule has 2 heterocycles. The number of carbonyl (C=O) groups is 3. The number of rotatable bonds is 10. The Hall–Kier alpha value is -3.30. The molecule has 1 fully saturated rings. The van der Waals surface area contributed by atoms with Gasteiger partial charge >= 0.3 is 0 Å². The monoisotopic (exact) mass is 517 g/mol. The molecule has 0 radical (unpaired) electrons. The Labute approximate surface area is 216 Å². The van der Waals surface area contributed by atoms with Crippen molar-refractivity contribution in [1.29, 1.82) is 0 Å². The van der Waals surface area contributed by atoms with Crippen LogP contribution in [0.1, 0.15) is 78.1 Å². The zero-order valence-corrected chi connectivity index (χ0v) is 21.9. The summed E-state index contributed by atoms with van der Waals surface area (Å²) in [6, 6.07) is 1.68. The summed E-state index contributed by atoms with van der Waals surface area (Å²) in [5.41, 5.74) is 0.483. The maximum Gasteiger partial charge on any atom is 0.243 e. The summed E-state index contributed by atoms with van der Waals surface area (Å²) in [4.78, 5) is 47.8. The van der Waals surface area contributed by atoms with Crippen molar-refractivity contribution in [1.82, 2.24) is 25.5 Å². The third-order valence-electron chi connectivity index (χ3n) is 6.69. The van der Waals surface area contributed by atoms with Gasteiger partial charge in [0.2, 0.25) is 17.7 Å². The number of halogens is 2. The van der Waals surface area contributed by atoms with Crippen molar-refractivity contribution < 1.29 is 23.2 Å². The molecule has 0 saturated carbocycles. The number of nitrogens with one attached hydrogen (secondary N) is 3. The number of hydrogen-bond acceptors (Lipinski definition) is 4. The molecule has 2 aromatic rings. The van der Waals surface area contributed by atoms with E-state index in [1.165, 1.54) is 12.3 Å². The van der Waals surface area contributed by atoms with Gasteiger partial charge in [0.25, 0.3) is 0 Å². The van der Waals surface area contributed by atoms with Gasteiger partial charge in [-0.1, -0.05) is 13.8 Å². The van der Waals surface area contributed by atoms with Crippen LogP contribution in [0.4, 0.5) is 8.78 Å². The van der Waals surface area contributed by atoms with Gasteiger partial charge in [0.05, 0.1) is 24.4 Å². The van der Waals surface area contributed by atoms with Crippen molar-refractivity contribution in [3.8, 4) is 11.3 Å². The van der Waals surface area contributed by atoms with E-state index in [4.69, 9.17) is 0 Å². The Balaban J connectivity index is 1.70. The van der Waals surface area contributed by atoms with E-state index in [0.717, 1.165) is 31.4 Å². The van der Waals surface area contributed by atoms with E-state index in [1.807, 2.05) is 20.8 Å². The fourth-order valence-electron chi connectivity index (χ4n) is 4.44. The summed E-state index contributed by atoms with van der Waals surface area (Å²) in [6.45, 7) is 8.34. The van der Waals surface area contributed by atoms with Crippen LogP contribution < -0.4 is 10.6 Å². The van der Waals surface area contributed by atoms with Crippen LogP contribution >= 0.6 is 0 Å². The standard InChI is InChI=1S/C27H37F2N5O3/c1-16(2)8-11-24(35)32-22(14-25(36)34-12-6-5-7-17(34)3)27(37)31-18(4)26-30-15-23(33-26)20-10-9-19(28)13-21(20)29/h9-10,13,15-18,22H,5-8,11-12,14H2,1-4H3,(H,30,33)(H,31,37)(H,32,35)/t17?,18-,22?/m0/s1. The normalized spacial score (nSPS) is 17.4. The third-order valence-corrected chi connectivity index (χ3v) is 6.69. The number of hydrogen-bond donors (Lipinski definition) is 3. The molecule has 3 rings (SSSR count). The molecule has 0 bridgehead atoms. The molecule has 1 aliphatic heterocycles. The number of H-pyrrole nitrogens is 1. The quantitative estimate of drug-likeness (QED) is 0.438. The maximum absolute atomic E-state index is 14.2. The fourth-order valence-corrected chi connectivity index (χ4v) is 4.44. The Morgan fingerprint density at radius 3 is 2.59 bits per heavy atom. The summed E-state index contributed by atoms with van der Waals surface area (Å²) in [5, 5.41) is 5.55. The van der Waals surface area contributed by atoms with Crippen molar-refractivity contribution >= 4 is 17.7 Å². The minimum Gasteiger partial charge on any atom is -0.345 e. The SMILES string of the molecule is CC(C)CCC(=O)NC(CC(=O)N1CCCCC1C)C(=O)N[C@@H](C)c1ncc(-c2ccc(F)cc2F)[nH]1. The van der Waals surface area contributed by atoms with E-state index in [2.05, 4.69) is 20.6 Å². The van der Waals surface area contributed by atoms with Crippen LogP contribution in [0.2, 0.25) is 0 Å². The first-order valence-corrected chi connectivity index (χ1v) is 12.9. The van der Waals surface area contributed by atoms with Gasteiger partial charge in [0.15, 0.2) is 0 Å². The van der Waals surface area contributed by atoms with Gasteiger partial charge < -0.3 is 20.5 Å². The lowest BCUT2D eigenvalue weighted by Gasteiger charge is -2.34. The molecule has 2 unspecified atom stereocenters. The van der Waals surface area contributed by atoms with Crippen LogP contribution in [0.15, 0.2) is 24.4 Å². The lowest BCUT2D eigenvalue weighted by Crippen LogP contribution is -2.51. The van der Waals surface area contributed by atoms with Crippen molar-refractivity contribution in [2.45, 2.75) is 84.3 Å². The first-order valence-electron chi connectivity index (χ1n) is 12.9. The number of likely N-dealkylation sites (tertiary alicyclic amines) is 1. The predicted octanol–water partition coefficient (Wildman–Crippen LogP) is 4.24. The number of carbonyl (C=O) groups excluding carboxylic acids is 3. The van der Waals surface area contributed by atoms with Crippen molar-refractivity contribution in [3.63, 3.8) is 0 Å². The van der Waals surface area contributed by atoms with Crippen molar-refractivity contribution in [2.75, 3.05) is 6.54 Å². The maximum atomic E-state index is 14.2. The van der Waals surface area contributed by atoms with E-state index in [-0.39, 0.29) is 36.3 Å². The molecule has 0 spiro atoms. The highest BCUT2D eigenvalue weighted by molar-refractivity contribution is 5.92. The van der Waals surface area contributed by atoms with Crippen molar-refractivity contribution in [2.24, 2.45) is 5.92 Å². The number of nitrogens with zero attached hydrogens (tertiary/aromatic N) is 2. The van der Waals surface area contributed by atoms with E-state index in [9.17, 15) is 23.2 Å². The number of piperidine rings is 1. The number of aromatic nitrogens is 2. The number of aromatic amines is 1. The fraction of sp³-hybridized carbons (Fsp3) is 0.556. The first kappa shape index (κ1) is 28.3. The van der Waals surface area contributed by atoms with Gasteiger partial charge in [-0.3, -0.25) is 14.4 Å². The molecule has 3 atom stereocenters. The molecule has 202 valence electrons. The molecule has 8 nitrogen and oxygen atoms in total. The Bertz CT molecular complexity index is 1100. The summed E-state index contributed by atoms with van der Waals surface area (Å²) in [7, 11) is 0. The Morgan fingerprint density at radius 2 is 1.92 bits per heavy atom. The van der Waals surface area contributed by atoms with E-state index >= 15 is 0 Å². The average Bonchev–Trinajstić information content (AvgIpc) is 3.32. The molecule has 1 aliphatic rings. The highest BCUT2D eigenvalue weighted by Gasteiger charge is 2.30. The molecular formula is C27H37F2N5O3. The van der Waals surface area contributed by atoms with Gasteiger partial charge in [-0.05, 0) is 57.6 Å². The second-order valence-corrected chi connectivity index (χ2v) is 10.2. The number of amides is 3. The number of imidazole rings is 1. The minimum absolute atomic E-state index is 0.0916. The molecular weight excluding hydrogens is 480 g/mol. The average molecular weight is 518 g/mol. The molecule has 3 amide bonds. The largest absolute Gasteiger partial charge is 0.345 e. The van der Waals surface area contributed by atoms with Crippen LogP contribution in [0, 0.1) is 17.6 Å². The number of benzene rings is 1. The Kier molecular flexibility index (Phi) is 9.77. The molecule has 10 heteroatoms. The first-order chi connectivity index (χ1) is 17.5. The Morgan fingerprint density at radius 1 is 1.16 bits per heavy atom. The smallest absolute Gasteiger partial charge is 0.243 e. The molecule has 3 N–H and O–H groups in total. The summed E-state index contributed by atoms with van der Waals surface area (Å²) < 4.78 is 27.4. The zero-order chi connectivity index (χ0) is 27.1. The molecule has 0 aliphatic carbocycles. The summed E-state index contributed by atoms with van der Waals surface area (Å²) in [6.07, 6.45) is 5.08. The molecule has 1 saturated heterocycles. The topological polar surface area (TPSA) is 107 Å². The van der Waals surface area contributed by atoms with E-state index in [1.54, 1.807) is 11.8 Å². The molecule has 37 heavy (non-hydrogen) atoms. The molecule has 1 aromatic carbocycles. The van der Waals surface area contributed by atoms with Gasteiger partial charge in [-0.25, -0.2) is 13.8 Å². The predicted molar refractivity (Wildman–Crippen MR) is 136 cm³/mol. The molecule has 1 aromatic heterocycles. The van der Waals surface area contributed by atoms with Gasteiger partial charge in [0.1, 0.15) is 23.5 Å². The van der Waals surface area contributed by atoms with Crippen LogP contribution in [0.3, 0.4) is 0 Å². The zero-order valence-electron chi connectivity index (χ0n) is 21.9. The highest BCUT2D eigenvalue weighted by atomic mass is 19.1. The lowest BCUT2D eigenvalue weighted by molar-refractivity contribution is -0.138. The second-order valence-electron chi connectivity index (χ2n) is 10.2.